The molecule has 212 valence electrons. The number of amides is 1. The molecular weight excluding hydrogens is 545 g/mol. The number of rotatable bonds is 8. The smallest absolute Gasteiger partial charge is 0.388 e. The largest absolute Gasteiger partial charge is 0.391 e. The molecule has 0 radical (unpaired) electrons. The maximum atomic E-state index is 13.0. The predicted octanol–water partition coefficient (Wildman–Crippen LogP) is 4.92. The van der Waals surface area contributed by atoms with E-state index in [1.54, 1.807) is 10.7 Å². The van der Waals surface area contributed by atoms with Crippen LogP contribution >= 0.6 is 11.6 Å². The Hall–Kier alpha value is -2.31. The van der Waals surface area contributed by atoms with E-state index in [0.29, 0.717) is 48.7 Å². The van der Waals surface area contributed by atoms with E-state index in [1.807, 2.05) is 13.8 Å². The fraction of sp³-hybridized carbons (Fsp3) is 0.640. The molecule has 1 aliphatic rings. The van der Waals surface area contributed by atoms with Gasteiger partial charge in [0, 0.05) is 37.0 Å². The molecule has 2 aromatic rings. The summed E-state index contributed by atoms with van der Waals surface area (Å²) in [4.78, 5) is 17.2. The zero-order valence-electron chi connectivity index (χ0n) is 21.9. The zero-order valence-corrected chi connectivity index (χ0v) is 23.5. The number of aromatic nitrogens is 3. The first kappa shape index (κ1) is 31.9. The van der Waals surface area contributed by atoms with Crippen molar-refractivity contribution in [2.45, 2.75) is 84.5 Å². The Balaban J connectivity index is 0.00000161. The van der Waals surface area contributed by atoms with Gasteiger partial charge in [-0.15, -0.1) is 0 Å². The molecule has 2 N–H and O–H groups in total. The SMILES string of the molecule is CCc1cc(C[C@@H](C)C(F)(F)F)ncc1-c1c(Cl)c(C(=O)NCC2(O)CCC(C)CC2)nn1CC.O=S=O. The zero-order chi connectivity index (χ0) is 28.7. The van der Waals surface area contributed by atoms with Crippen LogP contribution < -0.4 is 5.32 Å². The third kappa shape index (κ3) is 8.09. The highest BCUT2D eigenvalue weighted by atomic mass is 35.5. The van der Waals surface area contributed by atoms with Crippen LogP contribution in [0.5, 0.6) is 0 Å². The Labute approximate surface area is 229 Å². The number of alkyl halides is 3. The van der Waals surface area contributed by atoms with E-state index in [0.717, 1.165) is 25.3 Å². The van der Waals surface area contributed by atoms with E-state index in [9.17, 15) is 23.1 Å². The van der Waals surface area contributed by atoms with Crippen molar-refractivity contribution in [1.82, 2.24) is 20.1 Å². The number of carbonyl (C=O) groups is 1. The monoisotopic (exact) mass is 578 g/mol. The molecule has 0 saturated heterocycles. The second-order valence-corrected chi connectivity index (χ2v) is 10.3. The highest BCUT2D eigenvalue weighted by Gasteiger charge is 2.36. The van der Waals surface area contributed by atoms with Crippen LogP contribution in [0, 0.1) is 11.8 Å². The highest BCUT2D eigenvalue weighted by Crippen LogP contribution is 2.35. The number of carbonyl (C=O) groups excluding carboxylic acids is 1. The van der Waals surface area contributed by atoms with E-state index in [1.165, 1.54) is 6.20 Å². The van der Waals surface area contributed by atoms with Crippen molar-refractivity contribution >= 4 is 29.1 Å². The van der Waals surface area contributed by atoms with Gasteiger partial charge in [0.15, 0.2) is 5.69 Å². The molecule has 1 amide bonds. The molecule has 1 atom stereocenters. The quantitative estimate of drug-likeness (QED) is 0.459. The van der Waals surface area contributed by atoms with Gasteiger partial charge in [0.05, 0.1) is 22.2 Å². The molecule has 13 heteroatoms. The Bertz CT molecular complexity index is 1140. The van der Waals surface area contributed by atoms with Gasteiger partial charge in [-0.25, -0.2) is 0 Å². The second-order valence-electron chi connectivity index (χ2n) is 9.82. The van der Waals surface area contributed by atoms with Crippen molar-refractivity contribution in [2.75, 3.05) is 6.54 Å². The van der Waals surface area contributed by atoms with Crippen molar-refractivity contribution in [3.63, 3.8) is 0 Å². The van der Waals surface area contributed by atoms with Gasteiger partial charge in [-0.1, -0.05) is 32.4 Å². The number of hydrogen-bond acceptors (Lipinski definition) is 6. The highest BCUT2D eigenvalue weighted by molar-refractivity contribution is 7.51. The fourth-order valence-corrected chi connectivity index (χ4v) is 4.79. The second kappa shape index (κ2) is 13.7. The van der Waals surface area contributed by atoms with Gasteiger partial charge in [-0.05, 0) is 56.6 Å². The minimum Gasteiger partial charge on any atom is -0.388 e. The van der Waals surface area contributed by atoms with Crippen LogP contribution in [0.15, 0.2) is 12.3 Å². The summed E-state index contributed by atoms with van der Waals surface area (Å²) in [5.41, 5.74) is 1.38. The molecule has 0 aliphatic heterocycles. The maximum Gasteiger partial charge on any atom is 0.391 e. The summed E-state index contributed by atoms with van der Waals surface area (Å²) < 4.78 is 57.2. The minimum absolute atomic E-state index is 0.0492. The molecule has 38 heavy (non-hydrogen) atoms. The summed E-state index contributed by atoms with van der Waals surface area (Å²) in [5, 5.41) is 18.1. The lowest BCUT2D eigenvalue weighted by Crippen LogP contribution is -2.45. The molecule has 1 aliphatic carbocycles. The summed E-state index contributed by atoms with van der Waals surface area (Å²) in [6.07, 6.45) is 0.625. The molecule has 2 aromatic heterocycles. The molecule has 1 fully saturated rings. The third-order valence-electron chi connectivity index (χ3n) is 6.95. The normalized spacial score (nSPS) is 20.3. The van der Waals surface area contributed by atoms with E-state index >= 15 is 0 Å². The van der Waals surface area contributed by atoms with Crippen molar-refractivity contribution < 1.29 is 31.5 Å². The number of hydrogen-bond donors (Lipinski definition) is 2. The van der Waals surface area contributed by atoms with Crippen LogP contribution in [0.2, 0.25) is 5.02 Å². The van der Waals surface area contributed by atoms with Gasteiger partial charge in [0.25, 0.3) is 5.91 Å². The van der Waals surface area contributed by atoms with Crippen molar-refractivity contribution in [1.29, 1.82) is 0 Å². The third-order valence-corrected chi connectivity index (χ3v) is 7.31. The number of aryl methyl sites for hydroxylation is 2. The standard InChI is InChI=1S/C25H34ClF3N4O2.O2S/c1-5-17-12-18(11-16(4)25(27,28)29)30-13-19(17)22-20(26)21(32-33(22)6-2)23(34)31-14-24(35)9-7-15(3)8-10-24;1-3-2/h12-13,15-16,35H,5-11,14H2,1-4H3,(H,31,34);/t15?,16-,24?;/m1./s1. The van der Waals surface area contributed by atoms with Crippen LogP contribution in [0.1, 0.15) is 75.1 Å². The Morgan fingerprint density at radius 3 is 2.45 bits per heavy atom. The lowest BCUT2D eigenvalue weighted by atomic mass is 9.79. The first-order valence-corrected chi connectivity index (χ1v) is 13.6. The molecule has 0 unspecified atom stereocenters. The Morgan fingerprint density at radius 1 is 1.32 bits per heavy atom. The van der Waals surface area contributed by atoms with Crippen LogP contribution in [0.3, 0.4) is 0 Å². The summed E-state index contributed by atoms with van der Waals surface area (Å²) in [6.45, 7) is 7.60. The fourth-order valence-electron chi connectivity index (χ4n) is 4.47. The van der Waals surface area contributed by atoms with Gasteiger partial charge in [0.1, 0.15) is 0 Å². The van der Waals surface area contributed by atoms with Crippen molar-refractivity contribution in [3.05, 3.63) is 34.2 Å². The average molecular weight is 579 g/mol. The van der Waals surface area contributed by atoms with Gasteiger partial charge in [-0.3, -0.25) is 14.5 Å². The topological polar surface area (TPSA) is 114 Å². The van der Waals surface area contributed by atoms with Gasteiger partial charge in [-0.2, -0.15) is 26.7 Å². The molecule has 2 heterocycles. The van der Waals surface area contributed by atoms with E-state index in [4.69, 9.17) is 20.0 Å². The summed E-state index contributed by atoms with van der Waals surface area (Å²) in [5.74, 6) is -1.42. The van der Waals surface area contributed by atoms with Crippen LogP contribution in [0.4, 0.5) is 13.2 Å². The number of nitrogens with zero attached hydrogens (tertiary/aromatic N) is 3. The van der Waals surface area contributed by atoms with E-state index in [-0.39, 0.29) is 23.7 Å². The Morgan fingerprint density at radius 2 is 1.92 bits per heavy atom. The van der Waals surface area contributed by atoms with E-state index in [2.05, 4.69) is 22.3 Å². The van der Waals surface area contributed by atoms with Gasteiger partial charge >= 0.3 is 17.7 Å². The summed E-state index contributed by atoms with van der Waals surface area (Å²) >= 11 is 5.89. The van der Waals surface area contributed by atoms with Crippen LogP contribution in [-0.4, -0.2) is 52.5 Å². The number of nitrogens with one attached hydrogen (secondary N) is 1. The lowest BCUT2D eigenvalue weighted by Gasteiger charge is -2.34. The molecule has 0 bridgehead atoms. The van der Waals surface area contributed by atoms with Gasteiger partial charge < -0.3 is 10.4 Å². The van der Waals surface area contributed by atoms with E-state index < -0.39 is 35.2 Å². The number of pyridine rings is 1. The van der Waals surface area contributed by atoms with Crippen LogP contribution in [-0.2, 0) is 31.0 Å². The van der Waals surface area contributed by atoms with Gasteiger partial charge in [0.2, 0.25) is 0 Å². The first-order valence-electron chi connectivity index (χ1n) is 12.5. The minimum atomic E-state index is -4.29. The van der Waals surface area contributed by atoms with Crippen molar-refractivity contribution in [3.8, 4) is 11.3 Å². The van der Waals surface area contributed by atoms with Crippen molar-refractivity contribution in [2.24, 2.45) is 11.8 Å². The molecule has 0 spiro atoms. The average Bonchev–Trinajstić information content (AvgIpc) is 3.20. The van der Waals surface area contributed by atoms with Crippen LogP contribution in [0.25, 0.3) is 11.3 Å². The summed E-state index contributed by atoms with van der Waals surface area (Å²) in [7, 11) is 0. The number of halogens is 4. The Kier molecular flexibility index (Phi) is 11.5. The predicted molar refractivity (Wildman–Crippen MR) is 138 cm³/mol. The molecule has 8 nitrogen and oxygen atoms in total. The molecule has 3 rings (SSSR count). The molecule has 0 aromatic carbocycles. The molecular formula is C25H34ClF3N4O4S. The summed E-state index contributed by atoms with van der Waals surface area (Å²) in [6, 6.07) is 1.67. The molecule has 1 saturated carbocycles. The maximum absolute atomic E-state index is 13.0. The first-order chi connectivity index (χ1) is 17.8. The lowest BCUT2D eigenvalue weighted by molar-refractivity contribution is -0.169. The number of aliphatic hydroxyl groups is 1.